The van der Waals surface area contributed by atoms with E-state index in [0.717, 1.165) is 50.0 Å². The monoisotopic (exact) mass is 337 g/mol. The zero-order chi connectivity index (χ0) is 16.0. The predicted octanol–water partition coefficient (Wildman–Crippen LogP) is 3.07. The van der Waals surface area contributed by atoms with Crippen molar-refractivity contribution in [2.24, 2.45) is 5.92 Å². The van der Waals surface area contributed by atoms with Crippen molar-refractivity contribution >= 4 is 32.6 Å². The van der Waals surface area contributed by atoms with E-state index in [4.69, 9.17) is 0 Å². The Balaban J connectivity index is 1.43. The first-order valence-corrected chi connectivity index (χ1v) is 8.73. The van der Waals surface area contributed by atoms with Crippen molar-refractivity contribution in [2.45, 2.75) is 31.7 Å². The van der Waals surface area contributed by atoms with E-state index in [0.29, 0.717) is 4.70 Å². The van der Waals surface area contributed by atoms with E-state index in [2.05, 4.69) is 15.2 Å². The fraction of sp³-hybridized carbons (Fsp3) is 0.500. The lowest BCUT2D eigenvalue weighted by molar-refractivity contribution is -0.123. The number of fused-ring (bicyclic) bond motifs is 1. The number of carbonyl (C=O) groups is 1. The molecule has 0 radical (unpaired) electrons. The number of rotatable bonds is 3. The number of hydrogen-bond acceptors (Lipinski definition) is 4. The van der Waals surface area contributed by atoms with Crippen LogP contribution >= 0.6 is 11.3 Å². The summed E-state index contributed by atoms with van der Waals surface area (Å²) in [7, 11) is 0. The van der Waals surface area contributed by atoms with E-state index in [1.165, 1.54) is 17.4 Å². The fourth-order valence-electron chi connectivity index (χ4n) is 2.96. The molecule has 0 spiro atoms. The van der Waals surface area contributed by atoms with Crippen LogP contribution in [-0.4, -0.2) is 30.0 Å². The molecule has 0 bridgehead atoms. The van der Waals surface area contributed by atoms with Crippen LogP contribution in [0.1, 0.15) is 25.7 Å². The van der Waals surface area contributed by atoms with Crippen LogP contribution in [0.25, 0.3) is 10.2 Å². The van der Waals surface area contributed by atoms with Gasteiger partial charge in [-0.15, -0.1) is 0 Å². The lowest BCUT2D eigenvalue weighted by Gasteiger charge is -2.32. The van der Waals surface area contributed by atoms with E-state index in [1.54, 1.807) is 0 Å². The minimum absolute atomic E-state index is 0.181. The Morgan fingerprint density at radius 1 is 1.22 bits per heavy atom. The van der Waals surface area contributed by atoms with Crippen LogP contribution in [0.3, 0.4) is 0 Å². The van der Waals surface area contributed by atoms with Gasteiger partial charge in [0, 0.05) is 31.1 Å². The van der Waals surface area contributed by atoms with Crippen LogP contribution in [0.5, 0.6) is 0 Å². The quantitative estimate of drug-likeness (QED) is 0.936. The highest BCUT2D eigenvalue weighted by Crippen LogP contribution is 2.33. The first-order valence-electron chi connectivity index (χ1n) is 7.91. The van der Waals surface area contributed by atoms with Crippen LogP contribution in [0.2, 0.25) is 0 Å². The molecular weight excluding hydrogens is 320 g/mol. The van der Waals surface area contributed by atoms with Crippen molar-refractivity contribution in [1.29, 1.82) is 0 Å². The number of hydrogen-bond donors (Lipinski definition) is 1. The molecule has 0 unspecified atom stereocenters. The Hall–Kier alpha value is -1.76. The van der Waals surface area contributed by atoms with Gasteiger partial charge in [0.15, 0.2) is 10.9 Å². The van der Waals surface area contributed by atoms with E-state index in [-0.39, 0.29) is 23.4 Å². The van der Waals surface area contributed by atoms with Crippen LogP contribution in [0.15, 0.2) is 12.1 Å². The molecule has 1 saturated carbocycles. The first-order chi connectivity index (χ1) is 11.1. The molecule has 1 aliphatic heterocycles. The van der Waals surface area contributed by atoms with Gasteiger partial charge in [0.25, 0.3) is 0 Å². The summed E-state index contributed by atoms with van der Waals surface area (Å²) in [4.78, 5) is 18.2. The molecule has 2 fully saturated rings. The zero-order valence-corrected chi connectivity index (χ0v) is 13.3. The van der Waals surface area contributed by atoms with Crippen molar-refractivity contribution < 1.29 is 13.6 Å². The largest absolute Gasteiger partial charge is 0.353 e. The summed E-state index contributed by atoms with van der Waals surface area (Å²) < 4.78 is 27.6. The molecule has 2 aromatic rings. The van der Waals surface area contributed by atoms with Crippen molar-refractivity contribution in [3.8, 4) is 0 Å². The van der Waals surface area contributed by atoms with Gasteiger partial charge >= 0.3 is 0 Å². The van der Waals surface area contributed by atoms with Crippen molar-refractivity contribution in [2.75, 3.05) is 18.0 Å². The summed E-state index contributed by atoms with van der Waals surface area (Å²) in [5.74, 6) is -0.781. The molecule has 2 aliphatic rings. The molecule has 4 rings (SSSR count). The van der Waals surface area contributed by atoms with Gasteiger partial charge in [-0.1, -0.05) is 11.3 Å². The number of anilines is 1. The lowest BCUT2D eigenvalue weighted by atomic mass is 10.1. The summed E-state index contributed by atoms with van der Waals surface area (Å²) >= 11 is 1.31. The molecule has 1 amide bonds. The lowest BCUT2D eigenvalue weighted by Crippen LogP contribution is -2.45. The highest BCUT2D eigenvalue weighted by Gasteiger charge is 2.32. The molecule has 1 N–H and O–H groups in total. The van der Waals surface area contributed by atoms with Gasteiger partial charge in [0.2, 0.25) is 5.91 Å². The Bertz CT molecular complexity index is 751. The zero-order valence-electron chi connectivity index (χ0n) is 12.5. The molecule has 4 nitrogen and oxygen atoms in total. The van der Waals surface area contributed by atoms with Gasteiger partial charge in [-0.25, -0.2) is 13.8 Å². The van der Waals surface area contributed by atoms with E-state index < -0.39 is 11.6 Å². The number of halogens is 2. The van der Waals surface area contributed by atoms with E-state index >= 15 is 0 Å². The van der Waals surface area contributed by atoms with Gasteiger partial charge in [0.05, 0.1) is 4.70 Å². The van der Waals surface area contributed by atoms with Gasteiger partial charge < -0.3 is 10.2 Å². The molecule has 1 aromatic carbocycles. The van der Waals surface area contributed by atoms with Gasteiger partial charge in [-0.3, -0.25) is 4.79 Å². The van der Waals surface area contributed by atoms with E-state index in [9.17, 15) is 13.6 Å². The Kier molecular flexibility index (Phi) is 3.67. The second-order valence-corrected chi connectivity index (χ2v) is 7.28. The number of piperidine rings is 1. The molecule has 2 heterocycles. The molecular formula is C16H17F2N3OS. The van der Waals surface area contributed by atoms with Gasteiger partial charge in [0.1, 0.15) is 11.3 Å². The summed E-state index contributed by atoms with van der Waals surface area (Å²) in [5.41, 5.74) is 0.232. The molecule has 7 heteroatoms. The van der Waals surface area contributed by atoms with Crippen LogP contribution < -0.4 is 10.2 Å². The maximum atomic E-state index is 13.8. The summed E-state index contributed by atoms with van der Waals surface area (Å²) in [6.07, 6.45) is 3.73. The number of thiazole rings is 1. The van der Waals surface area contributed by atoms with Crippen LogP contribution in [0.4, 0.5) is 13.9 Å². The fourth-order valence-corrected chi connectivity index (χ4v) is 4.02. The normalized spacial score (nSPS) is 19.3. The molecule has 122 valence electrons. The Morgan fingerprint density at radius 2 is 1.96 bits per heavy atom. The van der Waals surface area contributed by atoms with Gasteiger partial charge in [-0.05, 0) is 31.7 Å². The van der Waals surface area contributed by atoms with Crippen LogP contribution in [0, 0.1) is 17.6 Å². The maximum Gasteiger partial charge on any atom is 0.223 e. The standard InChI is InChI=1S/C16H17F2N3OS/c17-10-7-12(18)14-13(8-10)23-16(20-14)21-5-3-11(4-6-21)19-15(22)9-1-2-9/h7-9,11H,1-6H2,(H,19,22). The van der Waals surface area contributed by atoms with Crippen molar-refractivity contribution in [3.05, 3.63) is 23.8 Å². The molecule has 0 atom stereocenters. The van der Waals surface area contributed by atoms with Crippen molar-refractivity contribution in [1.82, 2.24) is 10.3 Å². The molecule has 1 aliphatic carbocycles. The molecule has 1 saturated heterocycles. The topological polar surface area (TPSA) is 45.2 Å². The second-order valence-electron chi connectivity index (χ2n) is 6.27. The SMILES string of the molecule is O=C(NC1CCN(c2nc3c(F)cc(F)cc3s2)CC1)C1CC1. The third-order valence-corrected chi connectivity index (χ3v) is 5.53. The number of aromatic nitrogens is 1. The predicted molar refractivity (Wildman–Crippen MR) is 85.6 cm³/mol. The van der Waals surface area contributed by atoms with Gasteiger partial charge in [-0.2, -0.15) is 0 Å². The Morgan fingerprint density at radius 3 is 2.65 bits per heavy atom. The average Bonchev–Trinajstić information content (AvgIpc) is 3.28. The summed E-state index contributed by atoms with van der Waals surface area (Å²) in [6, 6.07) is 2.40. The highest BCUT2D eigenvalue weighted by molar-refractivity contribution is 7.22. The second kappa shape index (κ2) is 5.70. The number of benzene rings is 1. The number of carbonyl (C=O) groups excluding carboxylic acids is 1. The minimum Gasteiger partial charge on any atom is -0.353 e. The number of nitrogens with zero attached hydrogens (tertiary/aromatic N) is 2. The highest BCUT2D eigenvalue weighted by atomic mass is 32.1. The molecule has 1 aromatic heterocycles. The minimum atomic E-state index is -0.617. The number of amides is 1. The third-order valence-electron chi connectivity index (χ3n) is 4.46. The summed E-state index contributed by atoms with van der Waals surface area (Å²) in [6.45, 7) is 1.53. The Labute approximate surface area is 136 Å². The third kappa shape index (κ3) is 3.02. The van der Waals surface area contributed by atoms with Crippen LogP contribution in [-0.2, 0) is 4.79 Å². The van der Waals surface area contributed by atoms with E-state index in [1.807, 2.05) is 0 Å². The first kappa shape index (κ1) is 14.8. The smallest absolute Gasteiger partial charge is 0.223 e. The maximum absolute atomic E-state index is 13.8. The average molecular weight is 337 g/mol. The molecule has 23 heavy (non-hydrogen) atoms. The summed E-state index contributed by atoms with van der Waals surface area (Å²) in [5, 5.41) is 3.82. The van der Waals surface area contributed by atoms with Crippen molar-refractivity contribution in [3.63, 3.8) is 0 Å². The number of nitrogens with one attached hydrogen (secondary N) is 1.